The maximum absolute atomic E-state index is 13.6. The van der Waals surface area contributed by atoms with Crippen molar-refractivity contribution < 1.29 is 28.6 Å². The zero-order valence-corrected chi connectivity index (χ0v) is 11.2. The van der Waals surface area contributed by atoms with Gasteiger partial charge in [0, 0.05) is 17.8 Å². The Hall–Kier alpha value is -2.96. The number of carbonyl (C=O) groups is 2. The Morgan fingerprint density at radius 3 is 2.32 bits per heavy atom. The van der Waals surface area contributed by atoms with Gasteiger partial charge in [-0.05, 0) is 24.3 Å². The third kappa shape index (κ3) is 3.20. The van der Waals surface area contributed by atoms with Crippen molar-refractivity contribution >= 4 is 17.5 Å². The molecule has 1 heterocycles. The third-order valence-corrected chi connectivity index (χ3v) is 2.96. The van der Waals surface area contributed by atoms with Crippen molar-refractivity contribution in [3.05, 3.63) is 65.5 Å². The standard InChI is InChI=1S/C15H11F2NO4/c16-10-3-1-4-11(17)9(10)8-18-6-2-5-12(18)13(19)7-14(20)15(21)22/h1-7,19H,8H2,(H,21,22)/b13-7-. The summed E-state index contributed by atoms with van der Waals surface area (Å²) < 4.78 is 28.6. The van der Waals surface area contributed by atoms with E-state index in [-0.39, 0.29) is 17.8 Å². The van der Waals surface area contributed by atoms with Crippen molar-refractivity contribution in [2.45, 2.75) is 6.54 Å². The van der Waals surface area contributed by atoms with Gasteiger partial charge in [0.15, 0.2) is 0 Å². The molecule has 2 aromatic rings. The Morgan fingerprint density at radius 2 is 1.73 bits per heavy atom. The zero-order chi connectivity index (χ0) is 16.3. The van der Waals surface area contributed by atoms with E-state index in [1.54, 1.807) is 0 Å². The number of benzene rings is 1. The molecule has 1 aromatic heterocycles. The molecule has 0 atom stereocenters. The molecule has 0 amide bonds. The lowest BCUT2D eigenvalue weighted by atomic mass is 10.2. The third-order valence-electron chi connectivity index (χ3n) is 2.96. The molecule has 0 aliphatic heterocycles. The van der Waals surface area contributed by atoms with Crippen molar-refractivity contribution in [2.75, 3.05) is 0 Å². The van der Waals surface area contributed by atoms with E-state index in [9.17, 15) is 23.5 Å². The fraction of sp³-hybridized carbons (Fsp3) is 0.0667. The van der Waals surface area contributed by atoms with Crippen LogP contribution < -0.4 is 0 Å². The maximum Gasteiger partial charge on any atom is 0.376 e. The number of aliphatic hydroxyl groups excluding tert-OH is 1. The topological polar surface area (TPSA) is 79.5 Å². The van der Waals surface area contributed by atoms with Crippen LogP contribution in [0.15, 0.2) is 42.6 Å². The first kappa shape index (κ1) is 15.4. The van der Waals surface area contributed by atoms with Crippen molar-refractivity contribution in [3.8, 4) is 0 Å². The molecule has 0 aliphatic carbocycles. The summed E-state index contributed by atoms with van der Waals surface area (Å²) in [7, 11) is 0. The van der Waals surface area contributed by atoms with Gasteiger partial charge in [-0.1, -0.05) is 6.07 Å². The van der Waals surface area contributed by atoms with Gasteiger partial charge in [-0.2, -0.15) is 0 Å². The average molecular weight is 307 g/mol. The maximum atomic E-state index is 13.6. The number of carboxylic acid groups (broad SMARTS) is 1. The van der Waals surface area contributed by atoms with E-state index in [2.05, 4.69) is 0 Å². The number of hydrogen-bond acceptors (Lipinski definition) is 3. The number of halogens is 2. The molecule has 7 heteroatoms. The van der Waals surface area contributed by atoms with Gasteiger partial charge < -0.3 is 14.8 Å². The summed E-state index contributed by atoms with van der Waals surface area (Å²) in [6, 6.07) is 6.31. The van der Waals surface area contributed by atoms with E-state index in [0.29, 0.717) is 6.08 Å². The predicted molar refractivity (Wildman–Crippen MR) is 73.1 cm³/mol. The molecule has 0 saturated heterocycles. The molecule has 0 spiro atoms. The Morgan fingerprint density at radius 1 is 1.09 bits per heavy atom. The quantitative estimate of drug-likeness (QED) is 0.505. The highest BCUT2D eigenvalue weighted by Crippen LogP contribution is 2.18. The van der Waals surface area contributed by atoms with Crippen LogP contribution in [0.1, 0.15) is 11.3 Å². The first-order valence-electron chi connectivity index (χ1n) is 6.16. The minimum Gasteiger partial charge on any atom is -0.506 e. The molecule has 0 radical (unpaired) electrons. The lowest BCUT2D eigenvalue weighted by molar-refractivity contribution is -0.146. The second-order valence-electron chi connectivity index (χ2n) is 4.42. The van der Waals surface area contributed by atoms with Gasteiger partial charge in [0.05, 0.1) is 12.2 Å². The van der Waals surface area contributed by atoms with E-state index in [1.807, 2.05) is 0 Å². The molecule has 0 unspecified atom stereocenters. The van der Waals surface area contributed by atoms with Crippen LogP contribution in [0.5, 0.6) is 0 Å². The summed E-state index contributed by atoms with van der Waals surface area (Å²) in [5.74, 6) is -5.12. The van der Waals surface area contributed by atoms with Gasteiger partial charge in [-0.3, -0.25) is 4.79 Å². The molecular weight excluding hydrogens is 296 g/mol. The van der Waals surface area contributed by atoms with Gasteiger partial charge in [-0.15, -0.1) is 0 Å². The van der Waals surface area contributed by atoms with Crippen LogP contribution in [0, 0.1) is 11.6 Å². The fourth-order valence-corrected chi connectivity index (χ4v) is 1.90. The zero-order valence-electron chi connectivity index (χ0n) is 11.2. The number of aliphatic carboxylic acids is 1. The van der Waals surface area contributed by atoms with Gasteiger partial charge in [0.25, 0.3) is 5.78 Å². The fourth-order valence-electron chi connectivity index (χ4n) is 1.90. The smallest absolute Gasteiger partial charge is 0.376 e. The second kappa shape index (κ2) is 6.21. The first-order chi connectivity index (χ1) is 10.4. The van der Waals surface area contributed by atoms with E-state index in [1.165, 1.54) is 29.0 Å². The van der Waals surface area contributed by atoms with Crippen molar-refractivity contribution in [1.82, 2.24) is 4.57 Å². The van der Waals surface area contributed by atoms with Gasteiger partial charge >= 0.3 is 5.97 Å². The highest BCUT2D eigenvalue weighted by Gasteiger charge is 2.15. The minimum atomic E-state index is -1.72. The normalized spacial score (nSPS) is 11.5. The minimum absolute atomic E-state index is 0.0669. The van der Waals surface area contributed by atoms with Crippen molar-refractivity contribution in [3.63, 3.8) is 0 Å². The van der Waals surface area contributed by atoms with Crippen LogP contribution in [0.4, 0.5) is 8.78 Å². The number of carboxylic acids is 1. The molecule has 0 aliphatic rings. The summed E-state index contributed by atoms with van der Waals surface area (Å²) in [5, 5.41) is 18.3. The molecule has 2 N–H and O–H groups in total. The lowest BCUT2D eigenvalue weighted by Gasteiger charge is -2.10. The number of hydrogen-bond donors (Lipinski definition) is 2. The SMILES string of the molecule is O=C(O)C(=O)/C=C(\O)c1cccn1Cc1c(F)cccc1F. The number of aromatic nitrogens is 1. The monoisotopic (exact) mass is 307 g/mol. The Bertz CT molecular complexity index is 744. The average Bonchev–Trinajstić information content (AvgIpc) is 2.91. The highest BCUT2D eigenvalue weighted by atomic mass is 19.1. The lowest BCUT2D eigenvalue weighted by Crippen LogP contribution is -2.11. The van der Waals surface area contributed by atoms with E-state index in [4.69, 9.17) is 5.11 Å². The van der Waals surface area contributed by atoms with Gasteiger partial charge in [0.2, 0.25) is 0 Å². The molecule has 1 aromatic carbocycles. The largest absolute Gasteiger partial charge is 0.506 e. The number of carbonyl (C=O) groups excluding carboxylic acids is 1. The summed E-state index contributed by atoms with van der Waals surface area (Å²) in [5.41, 5.74) is -0.144. The second-order valence-corrected chi connectivity index (χ2v) is 4.42. The van der Waals surface area contributed by atoms with E-state index in [0.717, 1.165) is 12.1 Å². The van der Waals surface area contributed by atoms with Crippen LogP contribution >= 0.6 is 0 Å². The Kier molecular flexibility index (Phi) is 4.36. The molecular formula is C15H11F2NO4. The van der Waals surface area contributed by atoms with E-state index < -0.39 is 29.1 Å². The van der Waals surface area contributed by atoms with E-state index >= 15 is 0 Å². The number of aliphatic hydroxyl groups is 1. The van der Waals surface area contributed by atoms with Crippen LogP contribution in [0.2, 0.25) is 0 Å². The van der Waals surface area contributed by atoms with Gasteiger partial charge in [0.1, 0.15) is 17.4 Å². The van der Waals surface area contributed by atoms with Crippen LogP contribution in [0.3, 0.4) is 0 Å². The highest BCUT2D eigenvalue weighted by molar-refractivity contribution is 6.38. The number of rotatable bonds is 5. The molecule has 0 saturated carbocycles. The molecule has 0 fully saturated rings. The summed E-state index contributed by atoms with van der Waals surface area (Å²) in [4.78, 5) is 21.5. The molecule has 22 heavy (non-hydrogen) atoms. The first-order valence-corrected chi connectivity index (χ1v) is 6.16. The summed E-state index contributed by atoms with van der Waals surface area (Å²) in [6.07, 6.45) is 1.97. The number of ketones is 1. The van der Waals surface area contributed by atoms with Crippen LogP contribution in [0.25, 0.3) is 5.76 Å². The van der Waals surface area contributed by atoms with Crippen molar-refractivity contribution in [2.24, 2.45) is 0 Å². The van der Waals surface area contributed by atoms with Gasteiger partial charge in [-0.25, -0.2) is 13.6 Å². The Balaban J connectivity index is 2.34. The molecule has 0 bridgehead atoms. The molecule has 114 valence electrons. The van der Waals surface area contributed by atoms with Crippen LogP contribution in [-0.2, 0) is 16.1 Å². The molecule has 2 rings (SSSR count). The summed E-state index contributed by atoms with van der Waals surface area (Å²) in [6.45, 7) is -0.222. The number of nitrogens with zero attached hydrogens (tertiary/aromatic N) is 1. The molecule has 5 nitrogen and oxygen atoms in total. The summed E-state index contributed by atoms with van der Waals surface area (Å²) >= 11 is 0. The Labute approximate surface area is 123 Å². The predicted octanol–water partition coefficient (Wildman–Crippen LogP) is 2.37. The van der Waals surface area contributed by atoms with Crippen molar-refractivity contribution in [1.29, 1.82) is 0 Å². The van der Waals surface area contributed by atoms with Crippen LogP contribution in [-0.4, -0.2) is 26.5 Å².